The number of para-hydroxylation sites is 1. The van der Waals surface area contributed by atoms with E-state index in [1.165, 1.54) is 0 Å². The van der Waals surface area contributed by atoms with E-state index in [0.29, 0.717) is 45.9 Å². The second-order valence-corrected chi connectivity index (χ2v) is 9.36. The van der Waals surface area contributed by atoms with E-state index in [1.807, 2.05) is 24.3 Å². The molecule has 2 aliphatic rings. The molecule has 8 nitrogen and oxygen atoms in total. The topological polar surface area (TPSA) is 78.9 Å². The Morgan fingerprint density at radius 1 is 1.07 bits per heavy atom. The van der Waals surface area contributed by atoms with E-state index in [9.17, 15) is 8.42 Å². The summed E-state index contributed by atoms with van der Waals surface area (Å²) in [5.41, 5.74) is 0.903. The number of benzene rings is 1. The number of rotatable bonds is 5. The molecule has 0 aliphatic carbocycles. The first-order valence-corrected chi connectivity index (χ1v) is 11.2. The molecule has 0 amide bonds. The van der Waals surface area contributed by atoms with Gasteiger partial charge in [0.25, 0.3) is 10.2 Å². The van der Waals surface area contributed by atoms with Gasteiger partial charge in [-0.15, -0.1) is 0 Å². The fraction of sp³-hybridized carbons (Fsp3) is 0.579. The van der Waals surface area contributed by atoms with E-state index in [0.717, 1.165) is 29.6 Å². The van der Waals surface area contributed by atoms with Gasteiger partial charge in [-0.05, 0) is 30.9 Å². The van der Waals surface area contributed by atoms with Crippen LogP contribution in [0.4, 0.5) is 5.82 Å². The highest BCUT2D eigenvalue weighted by Gasteiger charge is 2.35. The summed E-state index contributed by atoms with van der Waals surface area (Å²) in [5, 5.41) is 1.000. The lowest BCUT2D eigenvalue weighted by molar-refractivity contribution is 0.116. The molecule has 152 valence electrons. The Kier molecular flexibility index (Phi) is 5.77. The summed E-state index contributed by atoms with van der Waals surface area (Å²) >= 11 is 0. The molecule has 0 spiro atoms. The Bertz CT molecular complexity index is 907. The van der Waals surface area contributed by atoms with E-state index < -0.39 is 10.2 Å². The minimum Gasteiger partial charge on any atom is -0.384 e. The van der Waals surface area contributed by atoms with E-state index in [2.05, 4.69) is 14.9 Å². The summed E-state index contributed by atoms with van der Waals surface area (Å²) in [4.78, 5) is 10.9. The Morgan fingerprint density at radius 2 is 1.86 bits per heavy atom. The van der Waals surface area contributed by atoms with Crippen molar-refractivity contribution in [2.24, 2.45) is 5.92 Å². The fourth-order valence-electron chi connectivity index (χ4n) is 4.14. The van der Waals surface area contributed by atoms with Crippen LogP contribution in [-0.2, 0) is 14.9 Å². The Balaban J connectivity index is 1.45. The predicted molar refractivity (Wildman–Crippen MR) is 108 cm³/mol. The highest BCUT2D eigenvalue weighted by atomic mass is 32.2. The number of methoxy groups -OCH3 is 1. The van der Waals surface area contributed by atoms with Crippen molar-refractivity contribution in [1.29, 1.82) is 0 Å². The van der Waals surface area contributed by atoms with E-state index in [1.54, 1.807) is 22.0 Å². The van der Waals surface area contributed by atoms with Crippen LogP contribution in [0.2, 0.25) is 0 Å². The zero-order valence-corrected chi connectivity index (χ0v) is 17.0. The van der Waals surface area contributed by atoms with Gasteiger partial charge in [-0.1, -0.05) is 12.1 Å². The average molecular weight is 406 g/mol. The van der Waals surface area contributed by atoms with Gasteiger partial charge in [0, 0.05) is 51.8 Å². The lowest BCUT2D eigenvalue weighted by Gasteiger charge is -2.39. The van der Waals surface area contributed by atoms with E-state index in [4.69, 9.17) is 4.74 Å². The summed E-state index contributed by atoms with van der Waals surface area (Å²) in [5.74, 6) is 1.16. The third kappa shape index (κ3) is 3.84. The van der Waals surface area contributed by atoms with Gasteiger partial charge in [0.15, 0.2) is 0 Å². The standard InChI is InChI=1S/C19H27N5O3S/c1-27-14-16-5-4-8-24(13-16)28(25,26)23-11-9-22(10-12-23)19-17-6-2-3-7-18(17)20-15-21-19/h2-3,6-7,15-16H,4-5,8-14H2,1H3. The maximum absolute atomic E-state index is 13.1. The van der Waals surface area contributed by atoms with Gasteiger partial charge < -0.3 is 9.64 Å². The Hall–Kier alpha value is -1.81. The molecule has 0 saturated carbocycles. The third-order valence-electron chi connectivity index (χ3n) is 5.60. The van der Waals surface area contributed by atoms with Gasteiger partial charge in [-0.3, -0.25) is 0 Å². The normalized spacial score (nSPS) is 22.6. The van der Waals surface area contributed by atoms with Crippen LogP contribution in [-0.4, -0.2) is 80.0 Å². The highest BCUT2D eigenvalue weighted by Crippen LogP contribution is 2.26. The first-order valence-electron chi connectivity index (χ1n) is 9.78. The number of ether oxygens (including phenoxy) is 1. The largest absolute Gasteiger partial charge is 0.384 e. The SMILES string of the molecule is COCC1CCCN(S(=O)(=O)N2CCN(c3ncnc4ccccc34)CC2)C1. The summed E-state index contributed by atoms with van der Waals surface area (Å²) in [6, 6.07) is 7.91. The summed E-state index contributed by atoms with van der Waals surface area (Å²) in [6.45, 7) is 3.93. The molecule has 0 radical (unpaired) electrons. The van der Waals surface area contributed by atoms with Crippen LogP contribution in [0.25, 0.3) is 10.9 Å². The number of hydrogen-bond donors (Lipinski definition) is 0. The summed E-state index contributed by atoms with van der Waals surface area (Å²) in [7, 11) is -1.76. The lowest BCUT2D eigenvalue weighted by atomic mass is 10.0. The zero-order valence-electron chi connectivity index (χ0n) is 16.2. The van der Waals surface area contributed by atoms with E-state index >= 15 is 0 Å². The molecule has 1 unspecified atom stereocenters. The molecule has 28 heavy (non-hydrogen) atoms. The summed E-state index contributed by atoms with van der Waals surface area (Å²) in [6.07, 6.45) is 3.49. The van der Waals surface area contributed by atoms with Crippen LogP contribution in [0, 0.1) is 5.92 Å². The molecule has 0 N–H and O–H groups in total. The molecule has 2 fully saturated rings. The molecular weight excluding hydrogens is 378 g/mol. The molecule has 2 saturated heterocycles. The van der Waals surface area contributed by atoms with Crippen molar-refractivity contribution in [3.05, 3.63) is 30.6 Å². The van der Waals surface area contributed by atoms with Crippen molar-refractivity contribution in [2.45, 2.75) is 12.8 Å². The van der Waals surface area contributed by atoms with Crippen molar-refractivity contribution in [1.82, 2.24) is 18.6 Å². The lowest BCUT2D eigenvalue weighted by Crippen LogP contribution is -2.55. The van der Waals surface area contributed by atoms with Crippen LogP contribution >= 0.6 is 0 Å². The van der Waals surface area contributed by atoms with Crippen LogP contribution < -0.4 is 4.90 Å². The second kappa shape index (κ2) is 8.28. The quantitative estimate of drug-likeness (QED) is 0.747. The molecule has 1 atom stereocenters. The number of aromatic nitrogens is 2. The van der Waals surface area contributed by atoms with Gasteiger partial charge >= 0.3 is 0 Å². The van der Waals surface area contributed by atoms with Crippen molar-refractivity contribution in [2.75, 3.05) is 57.9 Å². The fourth-order valence-corrected chi connectivity index (χ4v) is 5.86. The van der Waals surface area contributed by atoms with Gasteiger partial charge in [-0.25, -0.2) is 9.97 Å². The minimum atomic E-state index is -3.43. The van der Waals surface area contributed by atoms with Gasteiger partial charge in [-0.2, -0.15) is 17.0 Å². The number of piperidine rings is 1. The number of hydrogen-bond acceptors (Lipinski definition) is 6. The molecule has 1 aromatic carbocycles. The molecule has 0 bridgehead atoms. The molecular formula is C19H27N5O3S. The third-order valence-corrected chi connectivity index (χ3v) is 7.60. The van der Waals surface area contributed by atoms with Crippen molar-refractivity contribution < 1.29 is 13.2 Å². The average Bonchev–Trinajstić information content (AvgIpc) is 2.74. The first-order chi connectivity index (χ1) is 13.6. The molecule has 2 aliphatic heterocycles. The molecule has 3 heterocycles. The number of nitrogens with zero attached hydrogens (tertiary/aromatic N) is 5. The Labute approximate surface area is 166 Å². The van der Waals surface area contributed by atoms with Crippen molar-refractivity contribution in [3.63, 3.8) is 0 Å². The first kappa shape index (κ1) is 19.5. The van der Waals surface area contributed by atoms with Crippen molar-refractivity contribution >= 4 is 26.9 Å². The van der Waals surface area contributed by atoms with Crippen LogP contribution in [0.15, 0.2) is 30.6 Å². The number of anilines is 1. The maximum atomic E-state index is 13.1. The zero-order chi connectivity index (χ0) is 19.6. The van der Waals surface area contributed by atoms with Crippen LogP contribution in [0.3, 0.4) is 0 Å². The molecule has 2 aromatic rings. The molecule has 1 aromatic heterocycles. The number of fused-ring (bicyclic) bond motifs is 1. The van der Waals surface area contributed by atoms with Gasteiger partial charge in [0.05, 0.1) is 12.1 Å². The monoisotopic (exact) mass is 405 g/mol. The van der Waals surface area contributed by atoms with Crippen molar-refractivity contribution in [3.8, 4) is 0 Å². The van der Waals surface area contributed by atoms with E-state index in [-0.39, 0.29) is 5.92 Å². The Morgan fingerprint density at radius 3 is 2.64 bits per heavy atom. The van der Waals surface area contributed by atoms with Crippen LogP contribution in [0.1, 0.15) is 12.8 Å². The minimum absolute atomic E-state index is 0.280. The maximum Gasteiger partial charge on any atom is 0.282 e. The molecule has 9 heteroatoms. The second-order valence-electron chi connectivity index (χ2n) is 7.43. The smallest absolute Gasteiger partial charge is 0.282 e. The van der Waals surface area contributed by atoms with Gasteiger partial charge in [0.1, 0.15) is 12.1 Å². The summed E-state index contributed by atoms with van der Waals surface area (Å²) < 4.78 is 34.7. The van der Waals surface area contributed by atoms with Gasteiger partial charge in [0.2, 0.25) is 0 Å². The molecule has 4 rings (SSSR count). The predicted octanol–water partition coefficient (Wildman–Crippen LogP) is 1.35. The highest BCUT2D eigenvalue weighted by molar-refractivity contribution is 7.86. The van der Waals surface area contributed by atoms with Crippen LogP contribution in [0.5, 0.6) is 0 Å². The number of piperazine rings is 1.